The number of hydrogen-bond donors (Lipinski definition) is 1. The average Bonchev–Trinajstić information content (AvgIpc) is 3.21. The van der Waals surface area contributed by atoms with Gasteiger partial charge < -0.3 is 9.73 Å². The lowest BCUT2D eigenvalue weighted by molar-refractivity contribution is 0.0997. The van der Waals surface area contributed by atoms with E-state index in [0.717, 1.165) is 27.7 Å². The molecule has 2 heterocycles. The van der Waals surface area contributed by atoms with Crippen molar-refractivity contribution in [3.05, 3.63) is 82.7 Å². The van der Waals surface area contributed by atoms with Crippen molar-refractivity contribution < 1.29 is 9.21 Å². The second-order valence-corrected chi connectivity index (χ2v) is 6.87. The minimum absolute atomic E-state index is 0.271. The standard InChI is InChI=1S/C22H21N3O2/c1-14-4-7-17(8-5-14)13-25-20(10-11-23-25)24-22(26)21-16(3)18-12-15(2)6-9-19(18)27-21/h4-12H,13H2,1-3H3,(H,24,26). The zero-order valence-corrected chi connectivity index (χ0v) is 15.6. The summed E-state index contributed by atoms with van der Waals surface area (Å²) in [6.07, 6.45) is 1.68. The molecule has 0 aliphatic heterocycles. The normalized spacial score (nSPS) is 11.1. The first-order valence-corrected chi connectivity index (χ1v) is 8.90. The third-order valence-electron chi connectivity index (χ3n) is 4.71. The molecule has 5 heteroatoms. The molecule has 4 aromatic rings. The van der Waals surface area contributed by atoms with Gasteiger partial charge in [0.25, 0.3) is 5.91 Å². The van der Waals surface area contributed by atoms with Crippen molar-refractivity contribution in [2.24, 2.45) is 0 Å². The molecule has 0 aliphatic carbocycles. The number of carbonyl (C=O) groups is 1. The lowest BCUT2D eigenvalue weighted by Crippen LogP contribution is -2.16. The highest BCUT2D eigenvalue weighted by atomic mass is 16.3. The summed E-state index contributed by atoms with van der Waals surface area (Å²) >= 11 is 0. The second-order valence-electron chi connectivity index (χ2n) is 6.87. The quantitative estimate of drug-likeness (QED) is 0.566. The van der Waals surface area contributed by atoms with Crippen molar-refractivity contribution in [1.29, 1.82) is 0 Å². The first-order valence-electron chi connectivity index (χ1n) is 8.90. The Morgan fingerprint density at radius 3 is 2.56 bits per heavy atom. The van der Waals surface area contributed by atoms with Crippen molar-refractivity contribution in [2.45, 2.75) is 27.3 Å². The van der Waals surface area contributed by atoms with Gasteiger partial charge in [-0.25, -0.2) is 4.68 Å². The van der Waals surface area contributed by atoms with Gasteiger partial charge in [0, 0.05) is 17.0 Å². The molecule has 0 atom stereocenters. The van der Waals surface area contributed by atoms with Crippen LogP contribution in [0.3, 0.4) is 0 Å². The van der Waals surface area contributed by atoms with E-state index in [2.05, 4.69) is 41.6 Å². The number of fused-ring (bicyclic) bond motifs is 1. The summed E-state index contributed by atoms with van der Waals surface area (Å²) in [4.78, 5) is 12.8. The predicted molar refractivity (Wildman–Crippen MR) is 106 cm³/mol. The van der Waals surface area contributed by atoms with Crippen molar-refractivity contribution in [3.63, 3.8) is 0 Å². The molecule has 27 heavy (non-hydrogen) atoms. The van der Waals surface area contributed by atoms with Crippen molar-refractivity contribution in [2.75, 3.05) is 5.32 Å². The topological polar surface area (TPSA) is 60.1 Å². The zero-order chi connectivity index (χ0) is 19.0. The first kappa shape index (κ1) is 17.1. The monoisotopic (exact) mass is 359 g/mol. The number of nitrogens with zero attached hydrogens (tertiary/aromatic N) is 2. The van der Waals surface area contributed by atoms with E-state index in [1.54, 1.807) is 16.9 Å². The number of furan rings is 1. The molecule has 2 aromatic carbocycles. The van der Waals surface area contributed by atoms with Gasteiger partial charge in [0.2, 0.25) is 0 Å². The molecule has 1 amide bonds. The van der Waals surface area contributed by atoms with Crippen LogP contribution in [0.25, 0.3) is 11.0 Å². The van der Waals surface area contributed by atoms with Crippen molar-refractivity contribution in [1.82, 2.24) is 9.78 Å². The molecule has 0 spiro atoms. The van der Waals surface area contributed by atoms with E-state index in [9.17, 15) is 4.79 Å². The summed E-state index contributed by atoms with van der Waals surface area (Å²) in [7, 11) is 0. The van der Waals surface area contributed by atoms with Gasteiger partial charge in [-0.05, 0) is 38.5 Å². The molecule has 5 nitrogen and oxygen atoms in total. The van der Waals surface area contributed by atoms with Crippen LogP contribution in [0.4, 0.5) is 5.82 Å². The third kappa shape index (κ3) is 3.36. The number of anilines is 1. The number of aromatic nitrogens is 2. The molecular weight excluding hydrogens is 338 g/mol. The van der Waals surface area contributed by atoms with Crippen LogP contribution in [0.15, 0.2) is 59.1 Å². The summed E-state index contributed by atoms with van der Waals surface area (Å²) in [6, 6.07) is 16.0. The Morgan fingerprint density at radius 1 is 1.04 bits per heavy atom. The van der Waals surface area contributed by atoms with E-state index >= 15 is 0 Å². The molecule has 0 unspecified atom stereocenters. The molecule has 0 fully saturated rings. The van der Waals surface area contributed by atoms with Gasteiger partial charge in [0.05, 0.1) is 12.7 Å². The summed E-state index contributed by atoms with van der Waals surface area (Å²) in [5.41, 5.74) is 5.03. The SMILES string of the molecule is Cc1ccc(Cn2nccc2NC(=O)c2oc3ccc(C)cc3c2C)cc1. The van der Waals surface area contributed by atoms with Gasteiger partial charge in [-0.1, -0.05) is 41.5 Å². The van der Waals surface area contributed by atoms with Crippen molar-refractivity contribution >= 4 is 22.7 Å². The third-order valence-corrected chi connectivity index (χ3v) is 4.71. The number of benzene rings is 2. The Balaban J connectivity index is 1.58. The molecule has 4 rings (SSSR count). The van der Waals surface area contributed by atoms with Crippen LogP contribution < -0.4 is 5.32 Å². The van der Waals surface area contributed by atoms with Gasteiger partial charge in [-0.15, -0.1) is 0 Å². The number of aryl methyl sites for hydroxylation is 3. The largest absolute Gasteiger partial charge is 0.451 e. The van der Waals surface area contributed by atoms with Crippen LogP contribution in [-0.2, 0) is 6.54 Å². The Morgan fingerprint density at radius 2 is 1.78 bits per heavy atom. The predicted octanol–water partition coefficient (Wildman–Crippen LogP) is 4.86. The number of nitrogens with one attached hydrogen (secondary N) is 1. The van der Waals surface area contributed by atoms with E-state index in [1.165, 1.54) is 5.56 Å². The van der Waals surface area contributed by atoms with Crippen LogP contribution in [0.5, 0.6) is 0 Å². The van der Waals surface area contributed by atoms with E-state index in [-0.39, 0.29) is 5.91 Å². The average molecular weight is 359 g/mol. The van der Waals surface area contributed by atoms with E-state index in [4.69, 9.17) is 4.42 Å². The van der Waals surface area contributed by atoms with E-state index in [0.29, 0.717) is 18.1 Å². The maximum Gasteiger partial charge on any atom is 0.292 e. The second kappa shape index (κ2) is 6.76. The number of carbonyl (C=O) groups excluding carboxylic acids is 1. The Labute approximate surface area is 157 Å². The summed E-state index contributed by atoms with van der Waals surface area (Å²) in [6.45, 7) is 6.57. The van der Waals surface area contributed by atoms with Gasteiger partial charge in [-0.2, -0.15) is 5.10 Å². The number of rotatable bonds is 4. The first-order chi connectivity index (χ1) is 13.0. The summed E-state index contributed by atoms with van der Waals surface area (Å²) in [5, 5.41) is 8.22. The fourth-order valence-corrected chi connectivity index (χ4v) is 3.16. The van der Waals surface area contributed by atoms with E-state index in [1.807, 2.05) is 32.0 Å². The Hall–Kier alpha value is -3.34. The van der Waals surface area contributed by atoms with Gasteiger partial charge >= 0.3 is 0 Å². The van der Waals surface area contributed by atoms with Gasteiger partial charge in [-0.3, -0.25) is 4.79 Å². The van der Waals surface area contributed by atoms with Crippen LogP contribution in [0, 0.1) is 20.8 Å². The summed E-state index contributed by atoms with van der Waals surface area (Å²) < 4.78 is 7.56. The molecule has 136 valence electrons. The molecule has 0 radical (unpaired) electrons. The molecule has 1 N–H and O–H groups in total. The maximum absolute atomic E-state index is 12.8. The molecule has 0 saturated heterocycles. The number of hydrogen-bond acceptors (Lipinski definition) is 3. The highest BCUT2D eigenvalue weighted by molar-refractivity contribution is 6.06. The smallest absolute Gasteiger partial charge is 0.292 e. The van der Waals surface area contributed by atoms with Gasteiger partial charge in [0.1, 0.15) is 11.4 Å². The lowest BCUT2D eigenvalue weighted by Gasteiger charge is -2.09. The highest BCUT2D eigenvalue weighted by Crippen LogP contribution is 2.27. The van der Waals surface area contributed by atoms with Crippen LogP contribution in [0.1, 0.15) is 32.8 Å². The minimum Gasteiger partial charge on any atom is -0.451 e. The van der Waals surface area contributed by atoms with Gasteiger partial charge in [0.15, 0.2) is 5.76 Å². The minimum atomic E-state index is -0.271. The number of amides is 1. The van der Waals surface area contributed by atoms with Crippen molar-refractivity contribution in [3.8, 4) is 0 Å². The lowest BCUT2D eigenvalue weighted by atomic mass is 10.1. The molecule has 0 saturated carbocycles. The molecule has 0 aliphatic rings. The Kier molecular flexibility index (Phi) is 4.28. The highest BCUT2D eigenvalue weighted by Gasteiger charge is 2.19. The van der Waals surface area contributed by atoms with E-state index < -0.39 is 0 Å². The van der Waals surface area contributed by atoms with Crippen LogP contribution in [0.2, 0.25) is 0 Å². The zero-order valence-electron chi connectivity index (χ0n) is 15.6. The Bertz CT molecular complexity index is 1120. The summed E-state index contributed by atoms with van der Waals surface area (Å²) in [5.74, 6) is 0.697. The maximum atomic E-state index is 12.8. The van der Waals surface area contributed by atoms with Crippen LogP contribution in [-0.4, -0.2) is 15.7 Å². The molecular formula is C22H21N3O2. The molecule has 2 aromatic heterocycles. The van der Waals surface area contributed by atoms with Crippen LogP contribution >= 0.6 is 0 Å². The molecule has 0 bridgehead atoms. The fraction of sp³-hybridized carbons (Fsp3) is 0.182. The fourth-order valence-electron chi connectivity index (χ4n) is 3.16.